The molecule has 0 amide bonds. The van der Waals surface area contributed by atoms with E-state index >= 15 is 0 Å². The van der Waals surface area contributed by atoms with Gasteiger partial charge in [-0.2, -0.15) is 0 Å². The molecule has 0 spiro atoms. The first-order chi connectivity index (χ1) is 9.14. The Morgan fingerprint density at radius 2 is 2.00 bits per heavy atom. The van der Waals surface area contributed by atoms with Crippen molar-refractivity contribution in [2.24, 2.45) is 0 Å². The Labute approximate surface area is 115 Å². The lowest BCUT2D eigenvalue weighted by Crippen LogP contribution is -2.52. The second-order valence-electron chi connectivity index (χ2n) is 5.22. The number of methoxy groups -OCH3 is 1. The lowest BCUT2D eigenvalue weighted by molar-refractivity contribution is -0.145. The molecule has 0 aromatic carbocycles. The highest BCUT2D eigenvalue weighted by Crippen LogP contribution is 2.27. The van der Waals surface area contributed by atoms with Crippen LogP contribution in [0.15, 0.2) is 0 Å². The van der Waals surface area contributed by atoms with Crippen molar-refractivity contribution in [2.75, 3.05) is 26.9 Å². The topological polar surface area (TPSA) is 67.8 Å². The first-order valence-corrected chi connectivity index (χ1v) is 7.22. The van der Waals surface area contributed by atoms with Gasteiger partial charge in [0.15, 0.2) is 0 Å². The van der Waals surface area contributed by atoms with Crippen molar-refractivity contribution in [1.29, 1.82) is 0 Å². The van der Waals surface area contributed by atoms with Gasteiger partial charge in [0.1, 0.15) is 5.54 Å². The fraction of sp³-hybridized carbons (Fsp3) is 0.929. The number of nitrogens with one attached hydrogen (secondary N) is 1. The molecule has 0 aliphatic heterocycles. The molecule has 1 rings (SSSR count). The van der Waals surface area contributed by atoms with Crippen molar-refractivity contribution in [3.05, 3.63) is 0 Å². The molecule has 5 heteroatoms. The van der Waals surface area contributed by atoms with E-state index in [1.807, 2.05) is 6.92 Å². The van der Waals surface area contributed by atoms with E-state index < -0.39 is 11.5 Å². The normalized spacial score (nSPS) is 18.2. The van der Waals surface area contributed by atoms with Crippen molar-refractivity contribution in [3.8, 4) is 0 Å². The van der Waals surface area contributed by atoms with Crippen LogP contribution in [-0.2, 0) is 14.3 Å². The number of ether oxygens (including phenoxy) is 2. The Balaban J connectivity index is 2.22. The van der Waals surface area contributed by atoms with Crippen LogP contribution >= 0.6 is 0 Å². The third-order valence-corrected chi connectivity index (χ3v) is 3.60. The number of aliphatic carboxylic acids is 1. The summed E-state index contributed by atoms with van der Waals surface area (Å²) in [5.41, 5.74) is -0.767. The number of carboxylic acid groups (broad SMARTS) is 1. The summed E-state index contributed by atoms with van der Waals surface area (Å²) in [7, 11) is 1.67. The lowest BCUT2D eigenvalue weighted by atomic mass is 9.90. The summed E-state index contributed by atoms with van der Waals surface area (Å²) in [4.78, 5) is 11.5. The zero-order valence-corrected chi connectivity index (χ0v) is 12.1. The summed E-state index contributed by atoms with van der Waals surface area (Å²) < 4.78 is 10.4. The van der Waals surface area contributed by atoms with E-state index in [0.29, 0.717) is 38.7 Å². The van der Waals surface area contributed by atoms with Crippen LogP contribution in [0.5, 0.6) is 0 Å². The smallest absolute Gasteiger partial charge is 0.323 e. The first kappa shape index (κ1) is 16.4. The molecule has 1 aliphatic carbocycles. The van der Waals surface area contributed by atoms with Crippen LogP contribution in [0.2, 0.25) is 0 Å². The van der Waals surface area contributed by atoms with Gasteiger partial charge < -0.3 is 14.6 Å². The highest BCUT2D eigenvalue weighted by Gasteiger charge is 2.40. The summed E-state index contributed by atoms with van der Waals surface area (Å²) in [6.07, 6.45) is 5.09. The fourth-order valence-electron chi connectivity index (χ4n) is 2.17. The average molecular weight is 273 g/mol. The largest absolute Gasteiger partial charge is 0.480 e. The molecule has 0 aromatic heterocycles. The second-order valence-corrected chi connectivity index (χ2v) is 5.22. The maximum absolute atomic E-state index is 11.5. The summed E-state index contributed by atoms with van der Waals surface area (Å²) in [5.74, 6) is -0.735. The molecule has 0 heterocycles. The molecular weight excluding hydrogens is 246 g/mol. The minimum atomic E-state index is -0.767. The Morgan fingerprint density at radius 1 is 1.32 bits per heavy atom. The Bertz CT molecular complexity index is 268. The standard InChI is InChI=1S/C14H27NO4/c1-3-14(13(16)17,15-12-6-7-12)8-4-10-19-11-5-9-18-2/h12,15H,3-11H2,1-2H3,(H,16,17). The number of rotatable bonds is 12. The van der Waals surface area contributed by atoms with Crippen LogP contribution in [0.3, 0.4) is 0 Å². The van der Waals surface area contributed by atoms with Crippen molar-refractivity contribution < 1.29 is 19.4 Å². The zero-order chi connectivity index (χ0) is 14.1. The van der Waals surface area contributed by atoms with E-state index in [-0.39, 0.29) is 0 Å². The Kier molecular flexibility index (Phi) is 7.34. The summed E-state index contributed by atoms with van der Waals surface area (Å²) in [6.45, 7) is 3.93. The molecule has 0 bridgehead atoms. The van der Waals surface area contributed by atoms with Crippen molar-refractivity contribution in [1.82, 2.24) is 5.32 Å². The molecule has 2 N–H and O–H groups in total. The van der Waals surface area contributed by atoms with Gasteiger partial charge in [0.05, 0.1) is 0 Å². The predicted molar refractivity (Wildman–Crippen MR) is 73.4 cm³/mol. The molecule has 19 heavy (non-hydrogen) atoms. The molecule has 1 atom stereocenters. The van der Waals surface area contributed by atoms with Crippen LogP contribution in [0.4, 0.5) is 0 Å². The molecule has 0 saturated heterocycles. The molecule has 1 unspecified atom stereocenters. The van der Waals surface area contributed by atoms with Crippen molar-refractivity contribution in [2.45, 2.75) is 57.0 Å². The highest BCUT2D eigenvalue weighted by molar-refractivity contribution is 5.78. The number of carbonyl (C=O) groups is 1. The van der Waals surface area contributed by atoms with E-state index in [2.05, 4.69) is 5.32 Å². The second kappa shape index (κ2) is 8.51. The lowest BCUT2D eigenvalue weighted by Gasteiger charge is -2.29. The molecule has 112 valence electrons. The zero-order valence-electron chi connectivity index (χ0n) is 12.1. The van der Waals surface area contributed by atoms with E-state index in [9.17, 15) is 9.90 Å². The maximum Gasteiger partial charge on any atom is 0.323 e. The SMILES string of the molecule is CCC(CCCOCCCOC)(NC1CC1)C(=O)O. The van der Waals surface area contributed by atoms with E-state index in [1.54, 1.807) is 7.11 Å². The van der Waals surface area contributed by atoms with Crippen LogP contribution in [0.25, 0.3) is 0 Å². The van der Waals surface area contributed by atoms with Crippen molar-refractivity contribution >= 4 is 5.97 Å². The van der Waals surface area contributed by atoms with Crippen LogP contribution in [0, 0.1) is 0 Å². The molecular formula is C14H27NO4. The van der Waals surface area contributed by atoms with Gasteiger partial charge in [0.2, 0.25) is 0 Å². The highest BCUT2D eigenvalue weighted by atomic mass is 16.5. The molecule has 1 saturated carbocycles. The molecule has 0 aromatic rings. The maximum atomic E-state index is 11.5. The van der Waals surface area contributed by atoms with Crippen LogP contribution in [-0.4, -0.2) is 49.6 Å². The third kappa shape index (κ3) is 5.89. The van der Waals surface area contributed by atoms with E-state index in [0.717, 1.165) is 25.7 Å². The van der Waals surface area contributed by atoms with Crippen LogP contribution in [0.1, 0.15) is 45.4 Å². The summed E-state index contributed by atoms with van der Waals surface area (Å²) >= 11 is 0. The molecule has 5 nitrogen and oxygen atoms in total. The number of hydrogen-bond donors (Lipinski definition) is 2. The number of hydrogen-bond acceptors (Lipinski definition) is 4. The minimum absolute atomic E-state index is 0.402. The number of carboxylic acids is 1. The Hall–Kier alpha value is -0.650. The predicted octanol–water partition coefficient (Wildman–Crippen LogP) is 1.81. The minimum Gasteiger partial charge on any atom is -0.480 e. The van der Waals surface area contributed by atoms with Gasteiger partial charge in [-0.1, -0.05) is 6.92 Å². The van der Waals surface area contributed by atoms with Crippen LogP contribution < -0.4 is 5.32 Å². The van der Waals surface area contributed by atoms with Gasteiger partial charge in [-0.25, -0.2) is 0 Å². The van der Waals surface area contributed by atoms with E-state index in [4.69, 9.17) is 9.47 Å². The van der Waals surface area contributed by atoms with Gasteiger partial charge >= 0.3 is 5.97 Å². The quantitative estimate of drug-likeness (QED) is 0.531. The molecule has 0 radical (unpaired) electrons. The molecule has 1 fully saturated rings. The Morgan fingerprint density at radius 3 is 2.53 bits per heavy atom. The van der Waals surface area contributed by atoms with Gasteiger partial charge in [-0.3, -0.25) is 10.1 Å². The van der Waals surface area contributed by atoms with E-state index in [1.165, 1.54) is 0 Å². The summed E-state index contributed by atoms with van der Waals surface area (Å²) in [6, 6.07) is 0.402. The average Bonchev–Trinajstić information content (AvgIpc) is 3.20. The van der Waals surface area contributed by atoms with Crippen molar-refractivity contribution in [3.63, 3.8) is 0 Å². The van der Waals surface area contributed by atoms with Gasteiger partial charge in [0, 0.05) is 33.0 Å². The van der Waals surface area contributed by atoms with Gasteiger partial charge in [-0.15, -0.1) is 0 Å². The third-order valence-electron chi connectivity index (χ3n) is 3.60. The first-order valence-electron chi connectivity index (χ1n) is 7.22. The monoisotopic (exact) mass is 273 g/mol. The van der Waals surface area contributed by atoms with Gasteiger partial charge in [-0.05, 0) is 38.5 Å². The van der Waals surface area contributed by atoms with Gasteiger partial charge in [0.25, 0.3) is 0 Å². The fourth-order valence-corrected chi connectivity index (χ4v) is 2.17. The molecule has 1 aliphatic rings. The summed E-state index contributed by atoms with van der Waals surface area (Å²) in [5, 5.41) is 12.7.